The maximum absolute atomic E-state index is 12.8. The molecule has 0 N–H and O–H groups in total. The predicted molar refractivity (Wildman–Crippen MR) is 113 cm³/mol. The molecule has 166 valence electrons. The van der Waals surface area contributed by atoms with Crippen molar-refractivity contribution in [1.29, 1.82) is 0 Å². The lowest BCUT2D eigenvalue weighted by Crippen LogP contribution is -2.51. The van der Waals surface area contributed by atoms with Gasteiger partial charge in [-0.2, -0.15) is 4.31 Å². The molecule has 4 rings (SSSR count). The van der Waals surface area contributed by atoms with Crippen molar-refractivity contribution < 1.29 is 22.8 Å². The zero-order valence-electron chi connectivity index (χ0n) is 16.9. The summed E-state index contributed by atoms with van der Waals surface area (Å²) < 4.78 is 26.9. The average molecular weight is 466 g/mol. The van der Waals surface area contributed by atoms with Gasteiger partial charge in [-0.3, -0.25) is 19.3 Å². The molecule has 2 heterocycles. The van der Waals surface area contributed by atoms with Crippen LogP contribution < -0.4 is 0 Å². The molecule has 3 amide bonds. The van der Waals surface area contributed by atoms with Gasteiger partial charge in [-0.05, 0) is 31.0 Å². The van der Waals surface area contributed by atoms with Crippen molar-refractivity contribution in [3.05, 3.63) is 41.4 Å². The van der Waals surface area contributed by atoms with Crippen molar-refractivity contribution in [2.24, 2.45) is 11.8 Å². The summed E-state index contributed by atoms with van der Waals surface area (Å²) in [6, 6.07) is 6.10. The number of benzene rings is 1. The van der Waals surface area contributed by atoms with Gasteiger partial charge in [-0.25, -0.2) is 8.42 Å². The third-order valence-electron chi connectivity index (χ3n) is 6.17. The van der Waals surface area contributed by atoms with Crippen LogP contribution in [0, 0.1) is 11.8 Å². The number of allylic oxidation sites excluding steroid dienone is 2. The van der Waals surface area contributed by atoms with Gasteiger partial charge in [0, 0.05) is 44.2 Å². The van der Waals surface area contributed by atoms with E-state index in [1.807, 2.05) is 12.2 Å². The van der Waals surface area contributed by atoms with Gasteiger partial charge in [-0.1, -0.05) is 29.8 Å². The number of hydrogen-bond donors (Lipinski definition) is 0. The molecule has 10 heteroatoms. The number of nitrogens with zero attached hydrogens (tertiary/aromatic N) is 3. The van der Waals surface area contributed by atoms with E-state index in [-0.39, 0.29) is 73.6 Å². The first kappa shape index (κ1) is 22.0. The number of carbonyl (C=O) groups excluding carboxylic acids is 3. The standard InChI is InChI=1S/C21H24ClN3O5S/c22-15-4-3-5-16(14-15)31(29,30)24-12-10-23(11-13-24)19(26)8-9-25-20(27)17-6-1-2-7-18(17)21(25)28/h1-5,14,17-18H,6-13H2/t17-,18-/m1/s1. The highest BCUT2D eigenvalue weighted by atomic mass is 35.5. The van der Waals surface area contributed by atoms with E-state index in [0.29, 0.717) is 17.9 Å². The van der Waals surface area contributed by atoms with Crippen molar-refractivity contribution in [1.82, 2.24) is 14.1 Å². The Morgan fingerprint density at radius 1 is 1.00 bits per heavy atom. The predicted octanol–water partition coefficient (Wildman–Crippen LogP) is 1.51. The van der Waals surface area contributed by atoms with Crippen molar-refractivity contribution in [2.75, 3.05) is 32.7 Å². The van der Waals surface area contributed by atoms with E-state index in [1.165, 1.54) is 21.3 Å². The van der Waals surface area contributed by atoms with Crippen LogP contribution in [0.3, 0.4) is 0 Å². The summed E-state index contributed by atoms with van der Waals surface area (Å²) in [6.45, 7) is 0.950. The average Bonchev–Trinajstić information content (AvgIpc) is 3.02. The number of amides is 3. The van der Waals surface area contributed by atoms with Gasteiger partial charge >= 0.3 is 0 Å². The molecule has 0 spiro atoms. The van der Waals surface area contributed by atoms with Crippen molar-refractivity contribution in [2.45, 2.75) is 24.2 Å². The van der Waals surface area contributed by atoms with Crippen molar-refractivity contribution in [3.8, 4) is 0 Å². The largest absolute Gasteiger partial charge is 0.340 e. The molecule has 2 aliphatic heterocycles. The molecule has 2 saturated heterocycles. The molecule has 1 aromatic carbocycles. The summed E-state index contributed by atoms with van der Waals surface area (Å²) in [5.41, 5.74) is 0. The van der Waals surface area contributed by atoms with Crippen molar-refractivity contribution in [3.63, 3.8) is 0 Å². The quantitative estimate of drug-likeness (QED) is 0.485. The van der Waals surface area contributed by atoms with E-state index in [2.05, 4.69) is 0 Å². The second-order valence-electron chi connectivity index (χ2n) is 7.98. The van der Waals surface area contributed by atoms with E-state index in [4.69, 9.17) is 11.6 Å². The number of piperazine rings is 1. The van der Waals surface area contributed by atoms with Crippen LogP contribution in [0.2, 0.25) is 5.02 Å². The lowest BCUT2D eigenvalue weighted by molar-refractivity contribution is -0.141. The number of hydrogen-bond acceptors (Lipinski definition) is 5. The molecular weight excluding hydrogens is 442 g/mol. The zero-order valence-corrected chi connectivity index (χ0v) is 18.5. The lowest BCUT2D eigenvalue weighted by atomic mass is 9.85. The summed E-state index contributed by atoms with van der Waals surface area (Å²) in [5.74, 6) is -1.16. The number of carbonyl (C=O) groups is 3. The molecule has 1 aromatic rings. The third-order valence-corrected chi connectivity index (χ3v) is 8.30. The molecule has 2 fully saturated rings. The van der Waals surface area contributed by atoms with Crippen LogP contribution in [-0.4, -0.2) is 73.0 Å². The van der Waals surface area contributed by atoms with Gasteiger partial charge < -0.3 is 4.90 Å². The van der Waals surface area contributed by atoms with Crippen LogP contribution in [0.15, 0.2) is 41.3 Å². The third kappa shape index (κ3) is 4.26. The smallest absolute Gasteiger partial charge is 0.243 e. The second kappa shape index (κ2) is 8.72. The highest BCUT2D eigenvalue weighted by Gasteiger charge is 2.47. The molecule has 2 atom stereocenters. The van der Waals surface area contributed by atoms with Gasteiger partial charge in [-0.15, -0.1) is 0 Å². The van der Waals surface area contributed by atoms with Crippen LogP contribution in [0.4, 0.5) is 0 Å². The Hall–Kier alpha value is -2.23. The number of imide groups is 1. The fourth-order valence-electron chi connectivity index (χ4n) is 4.41. The molecule has 3 aliphatic rings. The Labute approximate surface area is 186 Å². The first-order valence-corrected chi connectivity index (χ1v) is 12.1. The van der Waals surface area contributed by atoms with Crippen LogP contribution >= 0.6 is 11.6 Å². The molecule has 8 nitrogen and oxygen atoms in total. The topological polar surface area (TPSA) is 95.1 Å². The minimum Gasteiger partial charge on any atom is -0.340 e. The molecule has 0 unspecified atom stereocenters. The summed E-state index contributed by atoms with van der Waals surface area (Å²) in [6.07, 6.45) is 5.05. The Morgan fingerprint density at radius 2 is 1.61 bits per heavy atom. The van der Waals surface area contributed by atoms with Crippen molar-refractivity contribution >= 4 is 39.3 Å². The Bertz CT molecular complexity index is 1010. The Balaban J connectivity index is 1.31. The van der Waals surface area contributed by atoms with Gasteiger partial charge in [0.1, 0.15) is 0 Å². The molecular formula is C21H24ClN3O5S. The summed E-state index contributed by atoms with van der Waals surface area (Å²) >= 11 is 5.91. The number of halogens is 1. The van der Waals surface area contributed by atoms with E-state index in [1.54, 1.807) is 17.0 Å². The summed E-state index contributed by atoms with van der Waals surface area (Å²) in [4.78, 5) is 40.6. The molecule has 0 bridgehead atoms. The van der Waals surface area contributed by atoms with Gasteiger partial charge in [0.2, 0.25) is 27.7 Å². The van der Waals surface area contributed by atoms with E-state index in [0.717, 1.165) is 0 Å². The highest BCUT2D eigenvalue weighted by molar-refractivity contribution is 7.89. The highest BCUT2D eigenvalue weighted by Crippen LogP contribution is 2.35. The number of likely N-dealkylation sites (tertiary alicyclic amines) is 1. The molecule has 0 aromatic heterocycles. The maximum atomic E-state index is 12.8. The van der Waals surface area contributed by atoms with Crippen LogP contribution in [0.25, 0.3) is 0 Å². The minimum absolute atomic E-state index is 0.0470. The summed E-state index contributed by atoms with van der Waals surface area (Å²) in [5, 5.41) is 0.344. The van der Waals surface area contributed by atoms with E-state index < -0.39 is 10.0 Å². The van der Waals surface area contributed by atoms with Crippen LogP contribution in [0.5, 0.6) is 0 Å². The van der Waals surface area contributed by atoms with Crippen LogP contribution in [0.1, 0.15) is 19.3 Å². The monoisotopic (exact) mass is 465 g/mol. The molecule has 0 radical (unpaired) electrons. The fraction of sp³-hybridized carbons (Fsp3) is 0.476. The van der Waals surface area contributed by atoms with E-state index >= 15 is 0 Å². The molecule has 0 saturated carbocycles. The number of sulfonamides is 1. The van der Waals surface area contributed by atoms with Gasteiger partial charge in [0.25, 0.3) is 0 Å². The lowest BCUT2D eigenvalue weighted by Gasteiger charge is -2.34. The van der Waals surface area contributed by atoms with Gasteiger partial charge in [0.15, 0.2) is 0 Å². The Morgan fingerprint density at radius 3 is 2.19 bits per heavy atom. The SMILES string of the molecule is O=C(CCN1C(=O)[C@@H]2CC=CC[C@H]2C1=O)N1CCN(S(=O)(=O)c2cccc(Cl)c2)CC1. The number of rotatable bonds is 5. The minimum atomic E-state index is -3.68. The fourth-order valence-corrected chi connectivity index (χ4v) is 6.13. The second-order valence-corrected chi connectivity index (χ2v) is 10.4. The Kier molecular flexibility index (Phi) is 6.18. The van der Waals surface area contributed by atoms with Crippen LogP contribution in [-0.2, 0) is 24.4 Å². The molecule has 1 aliphatic carbocycles. The zero-order chi connectivity index (χ0) is 22.2. The molecule has 31 heavy (non-hydrogen) atoms. The summed E-state index contributed by atoms with van der Waals surface area (Å²) in [7, 11) is -3.68. The first-order chi connectivity index (χ1) is 14.8. The first-order valence-electron chi connectivity index (χ1n) is 10.3. The number of fused-ring (bicyclic) bond motifs is 1. The van der Waals surface area contributed by atoms with Gasteiger partial charge in [0.05, 0.1) is 16.7 Å². The normalized spacial score (nSPS) is 24.5. The maximum Gasteiger partial charge on any atom is 0.243 e. The van der Waals surface area contributed by atoms with E-state index in [9.17, 15) is 22.8 Å².